The van der Waals surface area contributed by atoms with Crippen molar-refractivity contribution in [3.8, 4) is 11.3 Å². The van der Waals surface area contributed by atoms with Crippen LogP contribution in [0, 0.1) is 11.6 Å². The lowest BCUT2D eigenvalue weighted by Crippen LogP contribution is -2.11. The quantitative estimate of drug-likeness (QED) is 0.925. The molecule has 7 heteroatoms. The Hall–Kier alpha value is -2.44. The van der Waals surface area contributed by atoms with Gasteiger partial charge in [0, 0.05) is 37.5 Å². The van der Waals surface area contributed by atoms with E-state index in [2.05, 4.69) is 9.68 Å². The zero-order valence-electron chi connectivity index (χ0n) is 10.1. The van der Waals surface area contributed by atoms with E-state index < -0.39 is 17.6 Å². The summed E-state index contributed by atoms with van der Waals surface area (Å²) in [5.74, 6) is -3.69. The van der Waals surface area contributed by atoms with Crippen molar-refractivity contribution in [3.63, 3.8) is 0 Å². The molecule has 0 aliphatic rings. The lowest BCUT2D eigenvalue weighted by atomic mass is 10.1. The third-order valence-electron chi connectivity index (χ3n) is 2.52. The van der Waals surface area contributed by atoms with E-state index in [1.165, 1.54) is 0 Å². The van der Waals surface area contributed by atoms with Crippen molar-refractivity contribution in [2.24, 2.45) is 0 Å². The van der Waals surface area contributed by atoms with Gasteiger partial charge in [-0.05, 0) is 6.07 Å². The SMILES string of the molecule is CN(C)c1cc(F)c(F)cc1-c1cc(C(=O)O)on1. The van der Waals surface area contributed by atoms with Gasteiger partial charge in [-0.2, -0.15) is 0 Å². The number of halogens is 2. The number of hydrogen-bond acceptors (Lipinski definition) is 4. The Balaban J connectivity index is 2.59. The first-order valence-corrected chi connectivity index (χ1v) is 5.27. The van der Waals surface area contributed by atoms with Crippen LogP contribution >= 0.6 is 0 Å². The highest BCUT2D eigenvalue weighted by Crippen LogP contribution is 2.31. The van der Waals surface area contributed by atoms with Crippen molar-refractivity contribution < 1.29 is 23.2 Å². The fourth-order valence-electron chi connectivity index (χ4n) is 1.61. The second kappa shape index (κ2) is 4.68. The van der Waals surface area contributed by atoms with Crippen molar-refractivity contribution >= 4 is 11.7 Å². The maximum Gasteiger partial charge on any atom is 0.374 e. The summed E-state index contributed by atoms with van der Waals surface area (Å²) in [7, 11) is 3.29. The average Bonchev–Trinajstić information content (AvgIpc) is 2.81. The first-order chi connectivity index (χ1) is 8.90. The number of carboxylic acid groups (broad SMARTS) is 1. The summed E-state index contributed by atoms with van der Waals surface area (Å²) < 4.78 is 31.1. The summed E-state index contributed by atoms with van der Waals surface area (Å²) in [5.41, 5.74) is 0.740. The molecule has 19 heavy (non-hydrogen) atoms. The molecule has 1 aromatic heterocycles. The molecule has 0 spiro atoms. The Morgan fingerprint density at radius 1 is 1.26 bits per heavy atom. The Morgan fingerprint density at radius 2 is 1.89 bits per heavy atom. The minimum absolute atomic E-state index is 0.125. The molecule has 0 aliphatic carbocycles. The molecule has 0 amide bonds. The summed E-state index contributed by atoms with van der Waals surface area (Å²) in [6.07, 6.45) is 0. The third-order valence-corrected chi connectivity index (χ3v) is 2.52. The molecule has 0 aliphatic heterocycles. The number of anilines is 1. The highest BCUT2D eigenvalue weighted by atomic mass is 19.2. The van der Waals surface area contributed by atoms with Crippen LogP contribution in [-0.4, -0.2) is 30.3 Å². The lowest BCUT2D eigenvalue weighted by molar-refractivity contribution is 0.0652. The summed E-state index contributed by atoms with van der Waals surface area (Å²) >= 11 is 0. The third kappa shape index (κ3) is 2.40. The molecule has 100 valence electrons. The molecule has 0 radical (unpaired) electrons. The Bertz CT molecular complexity index is 638. The molecule has 2 aromatic rings. The van der Waals surface area contributed by atoms with Gasteiger partial charge in [-0.15, -0.1) is 0 Å². The fraction of sp³-hybridized carbons (Fsp3) is 0.167. The maximum atomic E-state index is 13.3. The van der Waals surface area contributed by atoms with E-state index in [-0.39, 0.29) is 17.0 Å². The molecule has 5 nitrogen and oxygen atoms in total. The van der Waals surface area contributed by atoms with Gasteiger partial charge in [-0.25, -0.2) is 13.6 Å². The molecule has 1 heterocycles. The van der Waals surface area contributed by atoms with E-state index in [0.29, 0.717) is 5.69 Å². The number of hydrogen-bond donors (Lipinski definition) is 1. The number of carbonyl (C=O) groups is 1. The van der Waals surface area contributed by atoms with E-state index in [0.717, 1.165) is 18.2 Å². The van der Waals surface area contributed by atoms with E-state index in [1.807, 2.05) is 0 Å². The molecular weight excluding hydrogens is 258 g/mol. The van der Waals surface area contributed by atoms with Crippen LogP contribution in [0.5, 0.6) is 0 Å². The van der Waals surface area contributed by atoms with Crippen LogP contribution in [-0.2, 0) is 0 Å². The van der Waals surface area contributed by atoms with Crippen molar-refractivity contribution in [2.75, 3.05) is 19.0 Å². The standard InChI is InChI=1S/C12H10F2N2O3/c1-16(2)10-4-8(14)7(13)3-6(10)9-5-11(12(17)18)19-15-9/h3-5H,1-2H3,(H,17,18). The van der Waals surface area contributed by atoms with Gasteiger partial charge < -0.3 is 14.5 Å². The molecule has 0 saturated heterocycles. The maximum absolute atomic E-state index is 13.3. The van der Waals surface area contributed by atoms with Gasteiger partial charge in [0.25, 0.3) is 0 Å². The van der Waals surface area contributed by atoms with Crippen LogP contribution in [0.25, 0.3) is 11.3 Å². The monoisotopic (exact) mass is 268 g/mol. The van der Waals surface area contributed by atoms with Crippen LogP contribution in [0.1, 0.15) is 10.6 Å². The zero-order chi connectivity index (χ0) is 14.2. The average molecular weight is 268 g/mol. The lowest BCUT2D eigenvalue weighted by Gasteiger charge is -2.16. The van der Waals surface area contributed by atoms with E-state index in [9.17, 15) is 13.6 Å². The van der Waals surface area contributed by atoms with Gasteiger partial charge in [-0.1, -0.05) is 5.16 Å². The van der Waals surface area contributed by atoms with E-state index >= 15 is 0 Å². The van der Waals surface area contributed by atoms with Crippen LogP contribution in [0.15, 0.2) is 22.7 Å². The molecule has 1 aromatic carbocycles. The molecule has 1 N–H and O–H groups in total. The molecule has 2 rings (SSSR count). The van der Waals surface area contributed by atoms with Gasteiger partial charge in [0.1, 0.15) is 5.69 Å². The van der Waals surface area contributed by atoms with Crippen molar-refractivity contribution in [3.05, 3.63) is 35.6 Å². The highest BCUT2D eigenvalue weighted by molar-refractivity contribution is 5.87. The Labute approximate surface area is 107 Å². The zero-order valence-corrected chi connectivity index (χ0v) is 10.1. The molecule has 0 atom stereocenters. The van der Waals surface area contributed by atoms with Crippen LogP contribution in [0.4, 0.5) is 14.5 Å². The molecule has 0 saturated carbocycles. The van der Waals surface area contributed by atoms with Gasteiger partial charge in [-0.3, -0.25) is 0 Å². The molecule has 0 unspecified atom stereocenters. The van der Waals surface area contributed by atoms with Crippen molar-refractivity contribution in [1.29, 1.82) is 0 Å². The molecular formula is C12H10F2N2O3. The second-order valence-corrected chi connectivity index (χ2v) is 4.06. The van der Waals surface area contributed by atoms with Gasteiger partial charge in [0.05, 0.1) is 0 Å². The Kier molecular flexibility index (Phi) is 3.20. The van der Waals surface area contributed by atoms with Crippen molar-refractivity contribution in [1.82, 2.24) is 5.16 Å². The molecule has 0 fully saturated rings. The Morgan fingerprint density at radius 3 is 2.42 bits per heavy atom. The fourth-order valence-corrected chi connectivity index (χ4v) is 1.61. The van der Waals surface area contributed by atoms with Gasteiger partial charge >= 0.3 is 5.97 Å². The molecule has 0 bridgehead atoms. The van der Waals surface area contributed by atoms with Gasteiger partial charge in [0.15, 0.2) is 11.6 Å². The summed E-state index contributed by atoms with van der Waals surface area (Å²) in [5, 5.41) is 12.3. The van der Waals surface area contributed by atoms with Crippen molar-refractivity contribution in [2.45, 2.75) is 0 Å². The number of rotatable bonds is 3. The number of carboxylic acids is 1. The summed E-state index contributed by atoms with van der Waals surface area (Å²) in [4.78, 5) is 12.3. The highest BCUT2D eigenvalue weighted by Gasteiger charge is 2.18. The topological polar surface area (TPSA) is 66.6 Å². The predicted molar refractivity (Wildman–Crippen MR) is 63.1 cm³/mol. The first kappa shape index (κ1) is 13.0. The van der Waals surface area contributed by atoms with Gasteiger partial charge in [0.2, 0.25) is 5.76 Å². The van der Waals surface area contributed by atoms with E-state index in [1.54, 1.807) is 19.0 Å². The number of aromatic nitrogens is 1. The second-order valence-electron chi connectivity index (χ2n) is 4.06. The first-order valence-electron chi connectivity index (χ1n) is 5.27. The minimum Gasteiger partial charge on any atom is -0.475 e. The predicted octanol–water partition coefficient (Wildman–Crippen LogP) is 2.38. The smallest absolute Gasteiger partial charge is 0.374 e. The largest absolute Gasteiger partial charge is 0.475 e. The van der Waals surface area contributed by atoms with Crippen LogP contribution in [0.3, 0.4) is 0 Å². The van der Waals surface area contributed by atoms with Crippen LogP contribution < -0.4 is 4.90 Å². The number of nitrogens with zero attached hydrogens (tertiary/aromatic N) is 2. The number of benzene rings is 1. The summed E-state index contributed by atoms with van der Waals surface area (Å²) in [6.45, 7) is 0. The minimum atomic E-state index is -1.28. The summed E-state index contributed by atoms with van der Waals surface area (Å²) in [6, 6.07) is 3.12. The van der Waals surface area contributed by atoms with E-state index in [4.69, 9.17) is 5.11 Å². The normalized spacial score (nSPS) is 10.5. The van der Waals surface area contributed by atoms with Crippen LogP contribution in [0.2, 0.25) is 0 Å². The number of aromatic carboxylic acids is 1.